The fraction of sp³-hybridized carbons (Fsp3) is 0.158. The molecule has 0 saturated heterocycles. The third-order valence-electron chi connectivity index (χ3n) is 3.96. The Balaban J connectivity index is 1.77. The van der Waals surface area contributed by atoms with Crippen LogP contribution < -0.4 is 5.32 Å². The van der Waals surface area contributed by atoms with Crippen molar-refractivity contribution in [3.8, 4) is 0 Å². The molecule has 3 rings (SSSR count). The summed E-state index contributed by atoms with van der Waals surface area (Å²) in [6.07, 6.45) is 3.54. The van der Waals surface area contributed by atoms with E-state index in [2.05, 4.69) is 10.3 Å². The molecule has 1 heterocycles. The molecule has 1 aromatic heterocycles. The van der Waals surface area contributed by atoms with Crippen LogP contribution in [-0.2, 0) is 11.3 Å². The molecule has 0 aliphatic rings. The molecule has 0 radical (unpaired) electrons. The van der Waals surface area contributed by atoms with Crippen molar-refractivity contribution in [3.63, 3.8) is 0 Å². The van der Waals surface area contributed by atoms with Gasteiger partial charge in [0.2, 0.25) is 5.91 Å². The Labute approximate surface area is 150 Å². The Bertz CT molecular complexity index is 870. The van der Waals surface area contributed by atoms with Crippen LogP contribution in [0.3, 0.4) is 0 Å². The van der Waals surface area contributed by atoms with Crippen LogP contribution in [0.1, 0.15) is 24.0 Å². The molecule has 1 N–H and O–H groups in total. The maximum Gasteiger partial charge on any atom is 0.227 e. The van der Waals surface area contributed by atoms with E-state index in [1.807, 2.05) is 31.2 Å². The lowest BCUT2D eigenvalue weighted by molar-refractivity contribution is -0.122. The molecule has 0 aliphatic heterocycles. The highest BCUT2D eigenvalue weighted by Crippen LogP contribution is 2.25. The lowest BCUT2D eigenvalue weighted by Crippen LogP contribution is -2.27. The van der Waals surface area contributed by atoms with Crippen LogP contribution in [0.15, 0.2) is 54.9 Å². The van der Waals surface area contributed by atoms with E-state index >= 15 is 0 Å². The van der Waals surface area contributed by atoms with Gasteiger partial charge in [-0.1, -0.05) is 41.4 Å². The molecule has 122 valence electrons. The molecule has 1 atom stereocenters. The van der Waals surface area contributed by atoms with Gasteiger partial charge in [0.15, 0.2) is 0 Å². The normalized spacial score (nSPS) is 12.1. The third-order valence-corrected chi connectivity index (χ3v) is 4.40. The van der Waals surface area contributed by atoms with Gasteiger partial charge in [0, 0.05) is 34.4 Å². The van der Waals surface area contributed by atoms with Gasteiger partial charge >= 0.3 is 0 Å². The first-order valence-corrected chi connectivity index (χ1v) is 8.35. The number of pyridine rings is 1. The molecular weight excluding hydrogens is 343 g/mol. The fourth-order valence-electron chi connectivity index (χ4n) is 2.72. The van der Waals surface area contributed by atoms with Gasteiger partial charge in [-0.2, -0.15) is 0 Å². The van der Waals surface area contributed by atoms with E-state index in [0.29, 0.717) is 16.6 Å². The molecule has 0 aliphatic carbocycles. The van der Waals surface area contributed by atoms with Crippen molar-refractivity contribution in [1.29, 1.82) is 0 Å². The van der Waals surface area contributed by atoms with Crippen LogP contribution in [0.2, 0.25) is 10.0 Å². The van der Waals surface area contributed by atoms with Crippen LogP contribution in [0.5, 0.6) is 0 Å². The van der Waals surface area contributed by atoms with Gasteiger partial charge in [-0.15, -0.1) is 0 Å². The number of carbonyl (C=O) groups excluding carboxylic acids is 1. The third kappa shape index (κ3) is 3.69. The number of nitrogens with zero attached hydrogens (tertiary/aromatic N) is 1. The molecule has 3 nitrogen and oxygen atoms in total. The van der Waals surface area contributed by atoms with Crippen molar-refractivity contribution >= 4 is 39.9 Å². The number of halogens is 2. The quantitative estimate of drug-likeness (QED) is 0.715. The number of benzene rings is 2. The zero-order chi connectivity index (χ0) is 17.1. The van der Waals surface area contributed by atoms with Gasteiger partial charge in [-0.3, -0.25) is 9.78 Å². The van der Waals surface area contributed by atoms with Gasteiger partial charge in [-0.25, -0.2) is 0 Å². The van der Waals surface area contributed by atoms with Crippen molar-refractivity contribution in [2.24, 2.45) is 0 Å². The summed E-state index contributed by atoms with van der Waals surface area (Å²) in [5.74, 6) is -0.318. The first-order chi connectivity index (χ1) is 11.5. The predicted octanol–water partition coefficient (Wildman–Crippen LogP) is 4.96. The van der Waals surface area contributed by atoms with E-state index in [1.54, 1.807) is 30.6 Å². The monoisotopic (exact) mass is 358 g/mol. The van der Waals surface area contributed by atoms with Gasteiger partial charge in [-0.05, 0) is 47.7 Å². The van der Waals surface area contributed by atoms with E-state index in [-0.39, 0.29) is 11.8 Å². The highest BCUT2D eigenvalue weighted by atomic mass is 35.5. The summed E-state index contributed by atoms with van der Waals surface area (Å²) in [4.78, 5) is 16.7. The minimum atomic E-state index is -0.272. The van der Waals surface area contributed by atoms with Gasteiger partial charge < -0.3 is 5.32 Å². The zero-order valence-corrected chi connectivity index (χ0v) is 14.6. The molecule has 24 heavy (non-hydrogen) atoms. The summed E-state index contributed by atoms with van der Waals surface area (Å²) in [5, 5.41) is 6.12. The molecule has 5 heteroatoms. The van der Waals surface area contributed by atoms with Gasteiger partial charge in [0.05, 0.1) is 5.92 Å². The van der Waals surface area contributed by atoms with Gasteiger partial charge in [0.1, 0.15) is 0 Å². The number of rotatable bonds is 4. The number of fused-ring (bicyclic) bond motifs is 1. The van der Waals surface area contributed by atoms with Crippen LogP contribution in [-0.4, -0.2) is 10.9 Å². The number of nitrogens with one attached hydrogen (secondary N) is 1. The molecule has 0 fully saturated rings. The smallest absolute Gasteiger partial charge is 0.227 e. The summed E-state index contributed by atoms with van der Waals surface area (Å²) >= 11 is 12.0. The summed E-state index contributed by atoms with van der Waals surface area (Å²) in [6.45, 7) is 2.28. The Morgan fingerprint density at radius 2 is 1.92 bits per heavy atom. The summed E-state index contributed by atoms with van der Waals surface area (Å²) < 4.78 is 0. The Morgan fingerprint density at radius 1 is 1.17 bits per heavy atom. The number of hydrogen-bond donors (Lipinski definition) is 1. The maximum absolute atomic E-state index is 12.5. The molecule has 0 saturated carbocycles. The average Bonchev–Trinajstić information content (AvgIpc) is 2.57. The Hall–Kier alpha value is -2.10. The minimum Gasteiger partial charge on any atom is -0.352 e. The highest BCUT2D eigenvalue weighted by molar-refractivity contribution is 6.34. The summed E-state index contributed by atoms with van der Waals surface area (Å²) in [7, 11) is 0. The molecule has 1 amide bonds. The number of hydrogen-bond acceptors (Lipinski definition) is 2. The van der Waals surface area contributed by atoms with Crippen LogP contribution in [0.25, 0.3) is 10.8 Å². The first-order valence-electron chi connectivity index (χ1n) is 7.60. The van der Waals surface area contributed by atoms with Crippen molar-refractivity contribution in [3.05, 3.63) is 76.0 Å². The average molecular weight is 359 g/mol. The lowest BCUT2D eigenvalue weighted by Gasteiger charge is -2.15. The van der Waals surface area contributed by atoms with Crippen LogP contribution in [0, 0.1) is 0 Å². The second-order valence-corrected chi connectivity index (χ2v) is 6.53. The van der Waals surface area contributed by atoms with Crippen molar-refractivity contribution in [2.45, 2.75) is 19.4 Å². The molecular formula is C19H16Cl2N2O. The molecule has 1 unspecified atom stereocenters. The largest absolute Gasteiger partial charge is 0.352 e. The standard InChI is InChI=1S/C19H16Cl2N2O/c1-12(17-4-2-3-14-11-22-6-5-18(14)17)19(24)23-10-13-7-15(20)9-16(21)8-13/h2-9,11-12H,10H2,1H3,(H,23,24). The Morgan fingerprint density at radius 3 is 2.67 bits per heavy atom. The molecule has 0 bridgehead atoms. The van der Waals surface area contributed by atoms with Gasteiger partial charge in [0.25, 0.3) is 0 Å². The van der Waals surface area contributed by atoms with E-state index in [1.165, 1.54) is 0 Å². The maximum atomic E-state index is 12.5. The van der Waals surface area contributed by atoms with E-state index in [9.17, 15) is 4.79 Å². The van der Waals surface area contributed by atoms with E-state index in [0.717, 1.165) is 21.9 Å². The summed E-state index contributed by atoms with van der Waals surface area (Å²) in [6, 6.07) is 13.1. The van der Waals surface area contributed by atoms with E-state index in [4.69, 9.17) is 23.2 Å². The second-order valence-electron chi connectivity index (χ2n) is 5.66. The fourth-order valence-corrected chi connectivity index (χ4v) is 3.29. The molecule has 0 spiro atoms. The minimum absolute atomic E-state index is 0.0459. The van der Waals surface area contributed by atoms with Crippen LogP contribution in [0.4, 0.5) is 0 Å². The molecule has 3 aromatic rings. The molecule has 2 aromatic carbocycles. The van der Waals surface area contributed by atoms with Crippen molar-refractivity contribution in [2.75, 3.05) is 0 Å². The SMILES string of the molecule is CC(C(=O)NCc1cc(Cl)cc(Cl)c1)c1cccc2cnccc12. The highest BCUT2D eigenvalue weighted by Gasteiger charge is 2.17. The predicted molar refractivity (Wildman–Crippen MR) is 98.5 cm³/mol. The Kier molecular flexibility index (Phi) is 5.03. The van der Waals surface area contributed by atoms with E-state index < -0.39 is 0 Å². The summed E-state index contributed by atoms with van der Waals surface area (Å²) in [5.41, 5.74) is 1.85. The first kappa shape index (κ1) is 16.7. The number of amides is 1. The number of carbonyl (C=O) groups is 1. The van der Waals surface area contributed by atoms with Crippen LogP contribution >= 0.6 is 23.2 Å². The van der Waals surface area contributed by atoms with Crippen molar-refractivity contribution in [1.82, 2.24) is 10.3 Å². The topological polar surface area (TPSA) is 42.0 Å². The lowest BCUT2D eigenvalue weighted by atomic mass is 9.95. The zero-order valence-electron chi connectivity index (χ0n) is 13.1. The number of aromatic nitrogens is 1. The second kappa shape index (κ2) is 7.20. The van der Waals surface area contributed by atoms with Crippen molar-refractivity contribution < 1.29 is 4.79 Å².